The highest BCUT2D eigenvalue weighted by Crippen LogP contribution is 2.27. The fourth-order valence-electron chi connectivity index (χ4n) is 4.02. The van der Waals surface area contributed by atoms with Gasteiger partial charge in [0, 0.05) is 19.5 Å². The summed E-state index contributed by atoms with van der Waals surface area (Å²) in [5.74, 6) is -0.557. The van der Waals surface area contributed by atoms with E-state index in [1.165, 1.54) is 4.90 Å². The lowest BCUT2D eigenvalue weighted by molar-refractivity contribution is -0.141. The van der Waals surface area contributed by atoms with Gasteiger partial charge in [0.1, 0.15) is 12.3 Å². The first-order chi connectivity index (χ1) is 15.3. The van der Waals surface area contributed by atoms with E-state index in [1.807, 2.05) is 43.6 Å². The molecule has 174 valence electrons. The molecule has 1 saturated heterocycles. The molecule has 1 fully saturated rings. The third-order valence-electron chi connectivity index (χ3n) is 5.61. The van der Waals surface area contributed by atoms with Crippen LogP contribution < -0.4 is 10.6 Å². The average molecular weight is 461 g/mol. The molecule has 1 aromatic heterocycles. The van der Waals surface area contributed by atoms with Crippen molar-refractivity contribution in [1.82, 2.24) is 20.5 Å². The standard InChI is InChI=1S/C23H32N4O4S/c1-4-5-19(26-15(3)28)23(31)27-12-18(29)10-20(27)22(30)24-11-16-6-8-17(9-7-16)21-14(2)25-13-32-21/h6-9,13,15,18-20,26,28-29H,4-5,10-12H2,1-3H3,(H,24,30)/t15?,18-,19+,20+/m1/s1. The van der Waals surface area contributed by atoms with E-state index in [9.17, 15) is 19.8 Å². The van der Waals surface area contributed by atoms with E-state index in [0.29, 0.717) is 13.0 Å². The number of nitrogens with one attached hydrogen (secondary N) is 2. The van der Waals surface area contributed by atoms with Gasteiger partial charge in [0.15, 0.2) is 0 Å². The van der Waals surface area contributed by atoms with Crippen LogP contribution in [0.4, 0.5) is 0 Å². The van der Waals surface area contributed by atoms with Crippen LogP contribution in [0.1, 0.15) is 44.4 Å². The maximum atomic E-state index is 13.0. The molecule has 0 spiro atoms. The minimum atomic E-state index is -0.841. The number of aryl methyl sites for hydroxylation is 1. The van der Waals surface area contributed by atoms with Gasteiger partial charge in [0.05, 0.1) is 28.2 Å². The number of β-amino-alcohol motifs (C(OH)–C–C–N with tert-alkyl or cyclic N) is 1. The second-order valence-corrected chi connectivity index (χ2v) is 9.12. The lowest BCUT2D eigenvalue weighted by Crippen LogP contribution is -2.53. The minimum Gasteiger partial charge on any atom is -0.391 e. The molecule has 1 aliphatic rings. The average Bonchev–Trinajstić information content (AvgIpc) is 3.36. The van der Waals surface area contributed by atoms with Crippen molar-refractivity contribution in [2.75, 3.05) is 6.54 Å². The molecule has 2 amide bonds. The highest BCUT2D eigenvalue weighted by molar-refractivity contribution is 7.13. The van der Waals surface area contributed by atoms with Crippen LogP contribution in [0.5, 0.6) is 0 Å². The topological polar surface area (TPSA) is 115 Å². The number of nitrogens with zero attached hydrogens (tertiary/aromatic N) is 2. The molecule has 2 heterocycles. The molecule has 32 heavy (non-hydrogen) atoms. The van der Waals surface area contributed by atoms with Crippen molar-refractivity contribution < 1.29 is 19.8 Å². The molecule has 8 nitrogen and oxygen atoms in total. The third kappa shape index (κ3) is 5.92. The fourth-order valence-corrected chi connectivity index (χ4v) is 4.84. The van der Waals surface area contributed by atoms with Crippen molar-refractivity contribution in [3.05, 3.63) is 41.0 Å². The second kappa shape index (κ2) is 11.0. The van der Waals surface area contributed by atoms with Crippen LogP contribution in [-0.4, -0.2) is 62.9 Å². The summed E-state index contributed by atoms with van der Waals surface area (Å²) in [5.41, 5.74) is 4.85. The van der Waals surface area contributed by atoms with Crippen molar-refractivity contribution in [2.45, 2.75) is 71.0 Å². The van der Waals surface area contributed by atoms with Gasteiger partial charge in [0.2, 0.25) is 11.8 Å². The largest absolute Gasteiger partial charge is 0.391 e. The van der Waals surface area contributed by atoms with Crippen molar-refractivity contribution >= 4 is 23.2 Å². The van der Waals surface area contributed by atoms with Gasteiger partial charge in [-0.25, -0.2) is 4.98 Å². The Labute approximate surface area is 192 Å². The number of likely N-dealkylation sites (tertiary alicyclic amines) is 1. The van der Waals surface area contributed by atoms with Gasteiger partial charge >= 0.3 is 0 Å². The van der Waals surface area contributed by atoms with Crippen LogP contribution in [0.2, 0.25) is 0 Å². The number of aromatic nitrogens is 1. The number of rotatable bonds is 9. The van der Waals surface area contributed by atoms with E-state index < -0.39 is 24.4 Å². The molecule has 1 aliphatic heterocycles. The molecule has 4 N–H and O–H groups in total. The van der Waals surface area contributed by atoms with Crippen LogP contribution in [0.15, 0.2) is 29.8 Å². The SMILES string of the molecule is CCC[C@H](NC(C)O)C(=O)N1C[C@H](O)C[C@H]1C(=O)NCc1ccc(-c2scnc2C)cc1. The highest BCUT2D eigenvalue weighted by atomic mass is 32.1. The maximum Gasteiger partial charge on any atom is 0.243 e. The van der Waals surface area contributed by atoms with Gasteiger partial charge in [-0.2, -0.15) is 0 Å². The number of carbonyl (C=O) groups excluding carboxylic acids is 2. The zero-order valence-corrected chi connectivity index (χ0v) is 19.6. The van der Waals surface area contributed by atoms with E-state index in [0.717, 1.165) is 28.1 Å². The summed E-state index contributed by atoms with van der Waals surface area (Å²) in [6.45, 7) is 5.93. The quantitative estimate of drug-likeness (QED) is 0.424. The molecule has 3 rings (SSSR count). The predicted octanol–water partition coefficient (Wildman–Crippen LogP) is 1.79. The van der Waals surface area contributed by atoms with E-state index in [1.54, 1.807) is 18.3 Å². The molecule has 1 aromatic carbocycles. The zero-order chi connectivity index (χ0) is 23.3. The van der Waals surface area contributed by atoms with Gasteiger partial charge < -0.3 is 20.4 Å². The Kier molecular flexibility index (Phi) is 8.36. The third-order valence-corrected chi connectivity index (χ3v) is 6.59. The lowest BCUT2D eigenvalue weighted by Gasteiger charge is -2.29. The predicted molar refractivity (Wildman–Crippen MR) is 124 cm³/mol. The van der Waals surface area contributed by atoms with Crippen molar-refractivity contribution in [3.8, 4) is 10.4 Å². The number of benzene rings is 1. The zero-order valence-electron chi connectivity index (χ0n) is 18.7. The van der Waals surface area contributed by atoms with Crippen LogP contribution in [0.25, 0.3) is 10.4 Å². The van der Waals surface area contributed by atoms with Gasteiger partial charge in [-0.3, -0.25) is 14.9 Å². The molecular formula is C23H32N4O4S. The van der Waals surface area contributed by atoms with Gasteiger partial charge in [-0.15, -0.1) is 11.3 Å². The summed E-state index contributed by atoms with van der Waals surface area (Å²) in [4.78, 5) is 32.8. The summed E-state index contributed by atoms with van der Waals surface area (Å²) >= 11 is 1.59. The summed E-state index contributed by atoms with van der Waals surface area (Å²) < 4.78 is 0. The van der Waals surface area contributed by atoms with Gasteiger partial charge in [-0.05, 0) is 31.4 Å². The molecule has 9 heteroatoms. The maximum absolute atomic E-state index is 13.0. The summed E-state index contributed by atoms with van der Waals surface area (Å²) in [7, 11) is 0. The molecule has 4 atom stereocenters. The summed E-state index contributed by atoms with van der Waals surface area (Å²) in [6.07, 6.45) is -0.0942. The number of aliphatic hydroxyl groups excluding tert-OH is 2. The monoisotopic (exact) mass is 460 g/mol. The first kappa shape index (κ1) is 24.3. The molecule has 0 saturated carbocycles. The Morgan fingerprint density at radius 2 is 2.03 bits per heavy atom. The molecule has 0 bridgehead atoms. The van der Waals surface area contributed by atoms with Crippen LogP contribution in [-0.2, 0) is 16.1 Å². The number of thiazole rings is 1. The Morgan fingerprint density at radius 3 is 2.62 bits per heavy atom. The van der Waals surface area contributed by atoms with Gasteiger partial charge in [-0.1, -0.05) is 37.6 Å². The van der Waals surface area contributed by atoms with Crippen LogP contribution in [0.3, 0.4) is 0 Å². The number of carbonyl (C=O) groups is 2. The first-order valence-corrected chi connectivity index (χ1v) is 11.9. The smallest absolute Gasteiger partial charge is 0.243 e. The number of hydrogen-bond donors (Lipinski definition) is 4. The van der Waals surface area contributed by atoms with Crippen molar-refractivity contribution in [1.29, 1.82) is 0 Å². The lowest BCUT2D eigenvalue weighted by atomic mass is 10.1. The molecular weight excluding hydrogens is 428 g/mol. The van der Waals surface area contributed by atoms with E-state index in [4.69, 9.17) is 0 Å². The van der Waals surface area contributed by atoms with E-state index in [2.05, 4.69) is 15.6 Å². The Morgan fingerprint density at radius 1 is 1.31 bits per heavy atom. The van der Waals surface area contributed by atoms with Crippen molar-refractivity contribution in [2.24, 2.45) is 0 Å². The highest BCUT2D eigenvalue weighted by Gasteiger charge is 2.40. The Hall–Kier alpha value is -2.33. The molecule has 0 radical (unpaired) electrons. The number of amides is 2. The van der Waals surface area contributed by atoms with Gasteiger partial charge in [0.25, 0.3) is 0 Å². The Balaban J connectivity index is 1.62. The van der Waals surface area contributed by atoms with Crippen molar-refractivity contribution in [3.63, 3.8) is 0 Å². The number of hydrogen-bond acceptors (Lipinski definition) is 7. The second-order valence-electron chi connectivity index (χ2n) is 8.26. The summed E-state index contributed by atoms with van der Waals surface area (Å²) in [5, 5.41) is 25.6. The minimum absolute atomic E-state index is 0.113. The molecule has 1 unspecified atom stereocenters. The fraction of sp³-hybridized carbons (Fsp3) is 0.522. The van der Waals surface area contributed by atoms with Crippen LogP contribution >= 0.6 is 11.3 Å². The normalized spacial score (nSPS) is 20.2. The van der Waals surface area contributed by atoms with E-state index >= 15 is 0 Å². The first-order valence-electron chi connectivity index (χ1n) is 11.0. The molecule has 2 aromatic rings. The summed E-state index contributed by atoms with van der Waals surface area (Å²) in [6, 6.07) is 6.62. The number of aliphatic hydroxyl groups is 2. The van der Waals surface area contributed by atoms with Crippen LogP contribution in [0, 0.1) is 6.92 Å². The molecule has 0 aliphatic carbocycles. The van der Waals surface area contributed by atoms with E-state index in [-0.39, 0.29) is 24.8 Å². The Bertz CT molecular complexity index is 915.